The van der Waals surface area contributed by atoms with Gasteiger partial charge < -0.3 is 4.98 Å². The largest absolute Gasteiger partial charge is 0.321 e. The molecule has 0 saturated heterocycles. The van der Waals surface area contributed by atoms with Crippen molar-refractivity contribution in [2.75, 3.05) is 0 Å². The lowest BCUT2D eigenvalue weighted by Gasteiger charge is -2.05. The molecule has 0 bridgehead atoms. The highest BCUT2D eigenvalue weighted by Gasteiger charge is 2.03. The lowest BCUT2D eigenvalue weighted by atomic mass is 10.0. The summed E-state index contributed by atoms with van der Waals surface area (Å²) >= 11 is 0. The third-order valence-corrected chi connectivity index (χ3v) is 2.88. The standard InChI is InChI=1S/C14H13NO2/c1-9-3-4-11(7-10(9)2)13-6-5-12(8-16)14(17)15-13/h3-8H,1-2H3,(H,15,17). The Hall–Kier alpha value is -2.16. The molecule has 0 saturated carbocycles. The van der Waals surface area contributed by atoms with Crippen LogP contribution in [0.4, 0.5) is 0 Å². The number of aryl methyl sites for hydroxylation is 2. The van der Waals surface area contributed by atoms with Gasteiger partial charge in [-0.3, -0.25) is 9.59 Å². The Balaban J connectivity index is 2.53. The second kappa shape index (κ2) is 4.37. The minimum Gasteiger partial charge on any atom is -0.321 e. The quantitative estimate of drug-likeness (QED) is 0.801. The van der Waals surface area contributed by atoms with E-state index in [0.717, 1.165) is 11.3 Å². The van der Waals surface area contributed by atoms with Crippen LogP contribution >= 0.6 is 0 Å². The van der Waals surface area contributed by atoms with Gasteiger partial charge in [0.05, 0.1) is 5.56 Å². The lowest BCUT2D eigenvalue weighted by Crippen LogP contribution is -2.11. The molecule has 2 aromatic rings. The molecule has 0 aliphatic carbocycles. The van der Waals surface area contributed by atoms with Crippen LogP contribution in [-0.2, 0) is 0 Å². The number of rotatable bonds is 2. The number of aromatic nitrogens is 1. The molecular formula is C14H13NO2. The van der Waals surface area contributed by atoms with Gasteiger partial charge in [-0.05, 0) is 48.7 Å². The molecular weight excluding hydrogens is 214 g/mol. The third kappa shape index (κ3) is 2.18. The smallest absolute Gasteiger partial charge is 0.258 e. The van der Waals surface area contributed by atoms with Crippen LogP contribution < -0.4 is 5.56 Å². The van der Waals surface area contributed by atoms with E-state index in [-0.39, 0.29) is 11.1 Å². The van der Waals surface area contributed by atoms with Gasteiger partial charge in [0.15, 0.2) is 6.29 Å². The van der Waals surface area contributed by atoms with E-state index in [2.05, 4.69) is 4.98 Å². The zero-order chi connectivity index (χ0) is 12.4. The summed E-state index contributed by atoms with van der Waals surface area (Å²) in [6.07, 6.45) is 0.559. The summed E-state index contributed by atoms with van der Waals surface area (Å²) in [5.41, 5.74) is 3.85. The molecule has 0 aliphatic rings. The summed E-state index contributed by atoms with van der Waals surface area (Å²) in [7, 11) is 0. The molecule has 1 aromatic heterocycles. The van der Waals surface area contributed by atoms with Gasteiger partial charge in [-0.25, -0.2) is 0 Å². The average molecular weight is 227 g/mol. The van der Waals surface area contributed by atoms with Crippen molar-refractivity contribution in [3.05, 3.63) is 57.4 Å². The molecule has 1 heterocycles. The topological polar surface area (TPSA) is 49.9 Å². The SMILES string of the molecule is Cc1ccc(-c2ccc(C=O)c(=O)[nH]2)cc1C. The van der Waals surface area contributed by atoms with Gasteiger partial charge in [0.2, 0.25) is 0 Å². The summed E-state index contributed by atoms with van der Waals surface area (Å²) in [6.45, 7) is 4.06. The fraction of sp³-hybridized carbons (Fsp3) is 0.143. The first-order chi connectivity index (χ1) is 8.11. The number of hydrogen-bond acceptors (Lipinski definition) is 2. The van der Waals surface area contributed by atoms with E-state index in [1.165, 1.54) is 17.2 Å². The highest BCUT2D eigenvalue weighted by molar-refractivity contribution is 5.75. The van der Waals surface area contributed by atoms with Gasteiger partial charge in [0.25, 0.3) is 5.56 Å². The predicted molar refractivity (Wildman–Crippen MR) is 67.4 cm³/mol. The van der Waals surface area contributed by atoms with E-state index in [0.29, 0.717) is 6.29 Å². The van der Waals surface area contributed by atoms with Crippen LogP contribution in [-0.4, -0.2) is 11.3 Å². The van der Waals surface area contributed by atoms with Crippen molar-refractivity contribution in [3.8, 4) is 11.3 Å². The maximum atomic E-state index is 11.5. The van der Waals surface area contributed by atoms with Crippen LogP contribution in [0.2, 0.25) is 0 Å². The number of pyridine rings is 1. The Morgan fingerprint density at radius 1 is 1.06 bits per heavy atom. The van der Waals surface area contributed by atoms with Crippen LogP contribution in [0.3, 0.4) is 0 Å². The van der Waals surface area contributed by atoms with Crippen LogP contribution in [0.5, 0.6) is 0 Å². The number of aldehydes is 1. The Labute approximate surface area is 99.1 Å². The first-order valence-corrected chi connectivity index (χ1v) is 5.38. The van der Waals surface area contributed by atoms with Crippen molar-refractivity contribution in [2.24, 2.45) is 0 Å². The molecule has 3 heteroatoms. The van der Waals surface area contributed by atoms with Gasteiger partial charge in [-0.15, -0.1) is 0 Å². The summed E-state index contributed by atoms with van der Waals surface area (Å²) in [5.74, 6) is 0. The van der Waals surface area contributed by atoms with E-state index < -0.39 is 0 Å². The molecule has 0 aliphatic heterocycles. The number of benzene rings is 1. The Kier molecular flexibility index (Phi) is 2.91. The number of nitrogens with one attached hydrogen (secondary N) is 1. The van der Waals surface area contributed by atoms with Crippen LogP contribution in [0.1, 0.15) is 21.5 Å². The van der Waals surface area contributed by atoms with Crippen molar-refractivity contribution in [3.63, 3.8) is 0 Å². The monoisotopic (exact) mass is 227 g/mol. The number of carbonyl (C=O) groups is 1. The molecule has 1 N–H and O–H groups in total. The van der Waals surface area contributed by atoms with Crippen LogP contribution in [0.25, 0.3) is 11.3 Å². The van der Waals surface area contributed by atoms with Crippen LogP contribution in [0.15, 0.2) is 35.1 Å². The van der Waals surface area contributed by atoms with Gasteiger partial charge in [-0.2, -0.15) is 0 Å². The molecule has 0 fully saturated rings. The molecule has 0 amide bonds. The van der Waals surface area contributed by atoms with E-state index in [4.69, 9.17) is 0 Å². The van der Waals surface area contributed by atoms with E-state index in [1.807, 2.05) is 32.0 Å². The second-order valence-corrected chi connectivity index (χ2v) is 4.07. The Morgan fingerprint density at radius 2 is 1.82 bits per heavy atom. The van der Waals surface area contributed by atoms with Gasteiger partial charge in [0.1, 0.15) is 0 Å². The lowest BCUT2D eigenvalue weighted by molar-refractivity contribution is 0.112. The first kappa shape index (κ1) is 11.3. The highest BCUT2D eigenvalue weighted by atomic mass is 16.1. The van der Waals surface area contributed by atoms with Crippen molar-refractivity contribution in [2.45, 2.75) is 13.8 Å². The van der Waals surface area contributed by atoms with E-state index >= 15 is 0 Å². The summed E-state index contributed by atoms with van der Waals surface area (Å²) in [4.78, 5) is 24.8. The number of hydrogen-bond donors (Lipinski definition) is 1. The normalized spacial score (nSPS) is 10.2. The first-order valence-electron chi connectivity index (χ1n) is 5.38. The average Bonchev–Trinajstić information content (AvgIpc) is 2.32. The van der Waals surface area contributed by atoms with Crippen molar-refractivity contribution in [1.29, 1.82) is 0 Å². The highest BCUT2D eigenvalue weighted by Crippen LogP contribution is 2.19. The Bertz CT molecular complexity index is 626. The summed E-state index contributed by atoms with van der Waals surface area (Å²) in [6, 6.07) is 9.26. The third-order valence-electron chi connectivity index (χ3n) is 2.88. The fourth-order valence-corrected chi connectivity index (χ4v) is 1.66. The number of carbonyl (C=O) groups excluding carboxylic acids is 1. The molecule has 2 rings (SSSR count). The maximum Gasteiger partial charge on any atom is 0.258 e. The Morgan fingerprint density at radius 3 is 2.41 bits per heavy atom. The molecule has 17 heavy (non-hydrogen) atoms. The fourth-order valence-electron chi connectivity index (χ4n) is 1.66. The predicted octanol–water partition coefficient (Wildman–Crippen LogP) is 2.47. The van der Waals surface area contributed by atoms with E-state index in [1.54, 1.807) is 6.07 Å². The van der Waals surface area contributed by atoms with Gasteiger partial charge in [0, 0.05) is 5.69 Å². The number of aromatic amines is 1. The minimum absolute atomic E-state index is 0.151. The molecule has 0 radical (unpaired) electrons. The van der Waals surface area contributed by atoms with Gasteiger partial charge >= 0.3 is 0 Å². The molecule has 0 unspecified atom stereocenters. The molecule has 0 atom stereocenters. The van der Waals surface area contributed by atoms with Crippen LogP contribution in [0, 0.1) is 13.8 Å². The molecule has 86 valence electrons. The van der Waals surface area contributed by atoms with Crippen molar-refractivity contribution in [1.82, 2.24) is 4.98 Å². The minimum atomic E-state index is -0.351. The van der Waals surface area contributed by atoms with Gasteiger partial charge in [-0.1, -0.05) is 12.1 Å². The maximum absolute atomic E-state index is 11.5. The second-order valence-electron chi connectivity index (χ2n) is 4.07. The van der Waals surface area contributed by atoms with Crippen molar-refractivity contribution < 1.29 is 4.79 Å². The van der Waals surface area contributed by atoms with E-state index in [9.17, 15) is 9.59 Å². The molecule has 1 aromatic carbocycles. The zero-order valence-electron chi connectivity index (χ0n) is 9.78. The van der Waals surface area contributed by atoms with Crippen molar-refractivity contribution >= 4 is 6.29 Å². The summed E-state index contributed by atoms with van der Waals surface area (Å²) in [5, 5.41) is 0. The molecule has 3 nitrogen and oxygen atoms in total. The number of H-pyrrole nitrogens is 1. The summed E-state index contributed by atoms with van der Waals surface area (Å²) < 4.78 is 0. The zero-order valence-corrected chi connectivity index (χ0v) is 9.78. The molecule has 0 spiro atoms.